The van der Waals surface area contributed by atoms with E-state index in [1.54, 1.807) is 55.1 Å². The fraction of sp³-hybridized carbons (Fsp3) is 0. The zero-order chi connectivity index (χ0) is 28.7. The predicted octanol–water partition coefficient (Wildman–Crippen LogP) is 3.49. The number of hydrogen-bond acceptors (Lipinski definition) is 3. The van der Waals surface area contributed by atoms with Crippen LogP contribution < -0.4 is 26.5 Å². The third kappa shape index (κ3) is 8.42. The minimum absolute atomic E-state index is 0.213. The monoisotopic (exact) mass is 637 g/mol. The van der Waals surface area contributed by atoms with E-state index in [1.165, 1.54) is 0 Å². The molecule has 0 unspecified atom stereocenters. The molecular weight excluding hydrogens is 608 g/mol. The van der Waals surface area contributed by atoms with Crippen LogP contribution in [0, 0.1) is 0 Å². The number of amides is 3. The van der Waals surface area contributed by atoms with Crippen LogP contribution in [0.2, 0.25) is 0 Å². The third-order valence-electron chi connectivity index (χ3n) is 5.50. The Labute approximate surface area is 242 Å². The van der Waals surface area contributed by atoms with Crippen molar-refractivity contribution < 1.29 is 14.4 Å². The molecule has 6 nitrogen and oxygen atoms in total. The van der Waals surface area contributed by atoms with Gasteiger partial charge in [-0.1, -0.05) is 0 Å². The fourth-order valence-electron chi connectivity index (χ4n) is 3.56. The molecule has 0 bridgehead atoms. The van der Waals surface area contributed by atoms with Gasteiger partial charge in [0.2, 0.25) is 0 Å². The van der Waals surface area contributed by atoms with Gasteiger partial charge in [0.25, 0.3) is 0 Å². The van der Waals surface area contributed by atoms with Gasteiger partial charge < -0.3 is 0 Å². The van der Waals surface area contributed by atoms with Crippen LogP contribution in [0.1, 0.15) is 31.1 Å². The molecule has 0 radical (unpaired) electrons. The van der Waals surface area contributed by atoms with Gasteiger partial charge in [-0.05, 0) is 0 Å². The van der Waals surface area contributed by atoms with Crippen LogP contribution >= 0.6 is 0 Å². The Morgan fingerprint density at radius 3 is 0.950 bits per heavy atom. The molecule has 3 N–H and O–H groups in total. The first-order chi connectivity index (χ1) is 19.5. The quantitative estimate of drug-likeness (QED) is 0.210. The van der Waals surface area contributed by atoms with Gasteiger partial charge >= 0.3 is 243 Å². The standard InChI is InChI=1S/3C11H10NO.Sb/c3*1-2-3-9-12-11(13)10-7-5-4-6-8-10;/h3*2-3,5-9H,1H2,(H,12,13);. The van der Waals surface area contributed by atoms with Gasteiger partial charge in [0.15, 0.2) is 0 Å². The number of benzene rings is 3. The van der Waals surface area contributed by atoms with Crippen molar-refractivity contribution in [3.05, 3.63) is 164 Å². The summed E-state index contributed by atoms with van der Waals surface area (Å²) in [6.07, 6.45) is 14.3. The molecule has 7 heteroatoms. The van der Waals surface area contributed by atoms with E-state index < -0.39 is 20.2 Å². The molecule has 0 saturated carbocycles. The van der Waals surface area contributed by atoms with Gasteiger partial charge in [0, 0.05) is 0 Å². The van der Waals surface area contributed by atoms with E-state index in [-0.39, 0.29) is 17.7 Å². The molecule has 0 aliphatic carbocycles. The van der Waals surface area contributed by atoms with E-state index in [1.807, 2.05) is 72.8 Å². The summed E-state index contributed by atoms with van der Waals surface area (Å²) >= 11 is -2.60. The van der Waals surface area contributed by atoms with Gasteiger partial charge in [-0.25, -0.2) is 0 Å². The molecule has 0 aromatic heterocycles. The summed E-state index contributed by atoms with van der Waals surface area (Å²) in [6.45, 7) is 10.8. The predicted molar refractivity (Wildman–Crippen MR) is 164 cm³/mol. The second-order valence-electron chi connectivity index (χ2n) is 8.18. The Hall–Kier alpha value is -4.67. The van der Waals surface area contributed by atoms with E-state index >= 15 is 0 Å². The maximum absolute atomic E-state index is 12.5. The van der Waals surface area contributed by atoms with Crippen LogP contribution in [0.25, 0.3) is 0 Å². The van der Waals surface area contributed by atoms with Crippen LogP contribution in [0.15, 0.2) is 148 Å². The van der Waals surface area contributed by atoms with Gasteiger partial charge in [-0.2, -0.15) is 0 Å². The van der Waals surface area contributed by atoms with Crippen molar-refractivity contribution in [2.45, 2.75) is 0 Å². The Kier molecular flexibility index (Phi) is 11.7. The molecule has 3 amide bonds. The van der Waals surface area contributed by atoms with Crippen molar-refractivity contribution in [1.82, 2.24) is 16.0 Å². The first-order valence-electron chi connectivity index (χ1n) is 12.3. The van der Waals surface area contributed by atoms with E-state index in [9.17, 15) is 14.4 Å². The van der Waals surface area contributed by atoms with Crippen LogP contribution in [0.4, 0.5) is 0 Å². The van der Waals surface area contributed by atoms with E-state index in [4.69, 9.17) is 0 Å². The molecule has 3 aromatic rings. The molecule has 0 heterocycles. The first-order valence-corrected chi connectivity index (χ1v) is 16.2. The van der Waals surface area contributed by atoms with E-state index in [0.29, 0.717) is 16.7 Å². The Morgan fingerprint density at radius 2 is 0.725 bits per heavy atom. The molecular formula is C33H30N3O3Sb. The summed E-state index contributed by atoms with van der Waals surface area (Å²) in [6, 6.07) is 22.8. The second kappa shape index (κ2) is 15.7. The SMILES string of the molecule is C=CC=CNC(=O)c1cc[c]([Sb]([c]2ccc(C(=O)NC=CC=C)cc2)[c]2ccc(C(=O)NC=CC=C)cc2)cc1. The molecule has 0 aliphatic rings. The summed E-state index contributed by atoms with van der Waals surface area (Å²) < 4.78 is 3.37. The van der Waals surface area contributed by atoms with E-state index in [0.717, 1.165) is 10.5 Å². The summed E-state index contributed by atoms with van der Waals surface area (Å²) in [5.41, 5.74) is 1.62. The minimum atomic E-state index is -2.60. The molecule has 0 aliphatic heterocycles. The zero-order valence-electron chi connectivity index (χ0n) is 21.9. The van der Waals surface area contributed by atoms with Gasteiger partial charge in [0.05, 0.1) is 0 Å². The van der Waals surface area contributed by atoms with Crippen molar-refractivity contribution in [2.24, 2.45) is 0 Å². The third-order valence-corrected chi connectivity index (χ3v) is 12.5. The molecule has 0 atom stereocenters. The molecule has 200 valence electrons. The van der Waals surface area contributed by atoms with Crippen molar-refractivity contribution >= 4 is 48.5 Å². The fourth-order valence-corrected chi connectivity index (χ4v) is 9.94. The normalized spacial score (nSPS) is 11.0. The van der Waals surface area contributed by atoms with Gasteiger partial charge in [-0.3, -0.25) is 0 Å². The summed E-state index contributed by atoms with van der Waals surface area (Å²) in [5.74, 6) is -0.639. The Balaban J connectivity index is 1.94. The number of carbonyl (C=O) groups excluding carboxylic acids is 3. The maximum atomic E-state index is 12.5. The van der Waals surface area contributed by atoms with Crippen molar-refractivity contribution in [3.63, 3.8) is 0 Å². The van der Waals surface area contributed by atoms with Crippen LogP contribution in [-0.4, -0.2) is 37.9 Å². The number of nitrogens with one attached hydrogen (secondary N) is 3. The molecule has 0 saturated heterocycles. The first kappa shape index (κ1) is 29.9. The topological polar surface area (TPSA) is 87.3 Å². The van der Waals surface area contributed by atoms with Crippen LogP contribution in [0.3, 0.4) is 0 Å². The molecule has 40 heavy (non-hydrogen) atoms. The number of rotatable bonds is 12. The average molecular weight is 638 g/mol. The summed E-state index contributed by atoms with van der Waals surface area (Å²) in [7, 11) is 0. The van der Waals surface area contributed by atoms with Crippen molar-refractivity contribution in [1.29, 1.82) is 0 Å². The number of hydrogen-bond donors (Lipinski definition) is 3. The molecule has 0 spiro atoms. The van der Waals surface area contributed by atoms with Crippen molar-refractivity contribution in [2.75, 3.05) is 0 Å². The zero-order valence-corrected chi connectivity index (χ0v) is 24.5. The second-order valence-corrected chi connectivity index (χ2v) is 14.5. The van der Waals surface area contributed by atoms with Gasteiger partial charge in [0.1, 0.15) is 0 Å². The molecule has 3 aromatic carbocycles. The molecule has 3 rings (SSSR count). The van der Waals surface area contributed by atoms with Crippen molar-refractivity contribution in [3.8, 4) is 0 Å². The molecule has 0 fully saturated rings. The average Bonchev–Trinajstić information content (AvgIpc) is 2.98. The number of carbonyl (C=O) groups is 3. The summed E-state index contributed by atoms with van der Waals surface area (Å²) in [5, 5.41) is 8.13. The Morgan fingerprint density at radius 1 is 0.475 bits per heavy atom. The number of allylic oxidation sites excluding steroid dienone is 6. The van der Waals surface area contributed by atoms with Crippen LogP contribution in [-0.2, 0) is 0 Å². The van der Waals surface area contributed by atoms with Crippen LogP contribution in [0.5, 0.6) is 0 Å². The van der Waals surface area contributed by atoms with E-state index in [2.05, 4.69) is 35.7 Å². The van der Waals surface area contributed by atoms with Gasteiger partial charge in [-0.15, -0.1) is 0 Å². The Bertz CT molecular complexity index is 1270. The summed E-state index contributed by atoms with van der Waals surface area (Å²) in [4.78, 5) is 37.4.